The lowest BCUT2D eigenvalue weighted by Crippen LogP contribution is -2.39. The van der Waals surface area contributed by atoms with E-state index in [1.54, 1.807) is 0 Å². The van der Waals surface area contributed by atoms with Gasteiger partial charge in [0.15, 0.2) is 0 Å². The Bertz CT molecular complexity index is 135. The van der Waals surface area contributed by atoms with E-state index >= 15 is 0 Å². The van der Waals surface area contributed by atoms with Gasteiger partial charge in [-0.2, -0.15) is 0 Å². The van der Waals surface area contributed by atoms with Crippen molar-refractivity contribution in [3.8, 4) is 0 Å². The number of fused-ring (bicyclic) bond motifs is 2. The minimum Gasteiger partial charge on any atom is -0.380 e. The first-order chi connectivity index (χ1) is 4.81. The van der Waals surface area contributed by atoms with E-state index in [0.29, 0.717) is 6.10 Å². The molecule has 58 valence electrons. The summed E-state index contributed by atoms with van der Waals surface area (Å²) >= 11 is 0. The maximum atomic E-state index is 5.37. The zero-order valence-corrected chi connectivity index (χ0v) is 6.71. The molecule has 2 rings (SSSR count). The van der Waals surface area contributed by atoms with Gasteiger partial charge in [0, 0.05) is 19.7 Å². The second-order valence-electron chi connectivity index (χ2n) is 3.62. The van der Waals surface area contributed by atoms with Gasteiger partial charge in [-0.15, -0.1) is 0 Å². The lowest BCUT2D eigenvalue weighted by Gasteiger charge is -2.28. The van der Waals surface area contributed by atoms with E-state index in [2.05, 4.69) is 11.9 Å². The van der Waals surface area contributed by atoms with Crippen LogP contribution in [0.2, 0.25) is 0 Å². The molecule has 2 nitrogen and oxygen atoms in total. The summed E-state index contributed by atoms with van der Waals surface area (Å²) in [5, 5.41) is 0. The number of likely N-dealkylation sites (N-methyl/N-ethyl adjacent to an activating group) is 1. The number of nitrogens with zero attached hydrogens (tertiary/aromatic N) is 1. The van der Waals surface area contributed by atoms with Gasteiger partial charge in [0.05, 0.1) is 6.10 Å². The maximum absolute atomic E-state index is 5.37. The highest BCUT2D eigenvalue weighted by Crippen LogP contribution is 2.37. The number of likely N-dealkylation sites (tertiary alicyclic amines) is 1. The van der Waals surface area contributed by atoms with Crippen molar-refractivity contribution in [2.45, 2.75) is 25.0 Å². The molecule has 1 aliphatic heterocycles. The van der Waals surface area contributed by atoms with Crippen LogP contribution in [0.1, 0.15) is 12.8 Å². The Morgan fingerprint density at radius 3 is 2.60 bits per heavy atom. The van der Waals surface area contributed by atoms with Crippen molar-refractivity contribution in [3.63, 3.8) is 0 Å². The fraction of sp³-hybridized carbons (Fsp3) is 1.00. The van der Waals surface area contributed by atoms with Crippen LogP contribution in [0.25, 0.3) is 0 Å². The second-order valence-corrected chi connectivity index (χ2v) is 3.62. The number of hydrogen-bond donors (Lipinski definition) is 0. The van der Waals surface area contributed by atoms with Gasteiger partial charge in [-0.1, -0.05) is 0 Å². The number of rotatable bonds is 1. The van der Waals surface area contributed by atoms with Crippen molar-refractivity contribution in [2.24, 2.45) is 5.92 Å². The van der Waals surface area contributed by atoms with Crippen LogP contribution >= 0.6 is 0 Å². The Balaban J connectivity index is 2.06. The van der Waals surface area contributed by atoms with Crippen molar-refractivity contribution in [3.05, 3.63) is 0 Å². The van der Waals surface area contributed by atoms with E-state index in [9.17, 15) is 0 Å². The smallest absolute Gasteiger partial charge is 0.0729 e. The number of hydrogen-bond acceptors (Lipinski definition) is 2. The Hall–Kier alpha value is -0.0800. The second kappa shape index (κ2) is 2.21. The molecule has 0 aromatic heterocycles. The molecule has 0 amide bonds. The summed E-state index contributed by atoms with van der Waals surface area (Å²) < 4.78 is 5.37. The molecule has 10 heavy (non-hydrogen) atoms. The summed E-state index contributed by atoms with van der Waals surface area (Å²) in [5.74, 6) is 0.931. The summed E-state index contributed by atoms with van der Waals surface area (Å²) in [6, 6.07) is 0.731. The molecule has 1 saturated heterocycles. The molecule has 3 unspecified atom stereocenters. The van der Waals surface area contributed by atoms with Gasteiger partial charge in [0.1, 0.15) is 0 Å². The Morgan fingerprint density at radius 2 is 2.20 bits per heavy atom. The van der Waals surface area contributed by atoms with E-state index in [4.69, 9.17) is 4.74 Å². The molecule has 2 fully saturated rings. The summed E-state index contributed by atoms with van der Waals surface area (Å²) in [7, 11) is 4.04. The number of ether oxygens (including phenoxy) is 1. The summed E-state index contributed by atoms with van der Waals surface area (Å²) in [6.45, 7) is 1.30. The fourth-order valence-corrected chi connectivity index (χ4v) is 2.48. The van der Waals surface area contributed by atoms with Crippen LogP contribution in [0.3, 0.4) is 0 Å². The van der Waals surface area contributed by atoms with Crippen molar-refractivity contribution in [1.29, 1.82) is 0 Å². The standard InChI is InChI=1S/C8H15NO/c1-9-5-6-3-7(9)8(4-6)10-2/h6-8H,3-5H2,1-2H3. The third-order valence-corrected chi connectivity index (χ3v) is 2.98. The summed E-state index contributed by atoms with van der Waals surface area (Å²) in [4.78, 5) is 2.43. The SMILES string of the molecule is COC1CC2CC1N(C)C2. The van der Waals surface area contributed by atoms with Crippen LogP contribution < -0.4 is 0 Å². The van der Waals surface area contributed by atoms with Crippen LogP contribution in [0.15, 0.2) is 0 Å². The predicted octanol–water partition coefficient (Wildman–Crippen LogP) is 0.725. The first-order valence-corrected chi connectivity index (χ1v) is 4.04. The average molecular weight is 141 g/mol. The largest absolute Gasteiger partial charge is 0.380 e. The lowest BCUT2D eigenvalue weighted by molar-refractivity contribution is 0.0297. The van der Waals surface area contributed by atoms with Crippen LogP contribution in [0.5, 0.6) is 0 Å². The summed E-state index contributed by atoms with van der Waals surface area (Å²) in [6.07, 6.45) is 3.20. The fourth-order valence-electron chi connectivity index (χ4n) is 2.48. The van der Waals surface area contributed by atoms with E-state index < -0.39 is 0 Å². The number of piperidine rings is 1. The molecule has 0 aromatic rings. The molecule has 3 atom stereocenters. The Morgan fingerprint density at radius 1 is 1.40 bits per heavy atom. The monoisotopic (exact) mass is 141 g/mol. The van der Waals surface area contributed by atoms with Crippen LogP contribution in [0, 0.1) is 5.92 Å². The molecule has 0 radical (unpaired) electrons. The van der Waals surface area contributed by atoms with E-state index in [1.807, 2.05) is 7.11 Å². The molecular weight excluding hydrogens is 126 g/mol. The minimum atomic E-state index is 0.531. The van der Waals surface area contributed by atoms with Gasteiger partial charge in [-0.25, -0.2) is 0 Å². The van der Waals surface area contributed by atoms with Crippen LogP contribution in [0.4, 0.5) is 0 Å². The van der Waals surface area contributed by atoms with Gasteiger partial charge in [0.2, 0.25) is 0 Å². The van der Waals surface area contributed by atoms with E-state index in [1.165, 1.54) is 19.4 Å². The van der Waals surface area contributed by atoms with Crippen molar-refractivity contribution >= 4 is 0 Å². The third kappa shape index (κ3) is 0.789. The van der Waals surface area contributed by atoms with Gasteiger partial charge in [-0.3, -0.25) is 0 Å². The molecule has 0 N–H and O–H groups in total. The molecule has 0 aromatic carbocycles. The highest BCUT2D eigenvalue weighted by molar-refractivity contribution is 4.97. The summed E-state index contributed by atoms with van der Waals surface area (Å²) in [5.41, 5.74) is 0. The van der Waals surface area contributed by atoms with Gasteiger partial charge < -0.3 is 9.64 Å². The molecule has 1 aliphatic carbocycles. The first kappa shape index (κ1) is 6.62. The molecule has 2 bridgehead atoms. The van der Waals surface area contributed by atoms with Crippen molar-refractivity contribution in [2.75, 3.05) is 20.7 Å². The van der Waals surface area contributed by atoms with Crippen LogP contribution in [-0.4, -0.2) is 37.7 Å². The normalized spacial score (nSPS) is 46.8. The lowest BCUT2D eigenvalue weighted by atomic mass is 10.1. The Kier molecular flexibility index (Phi) is 1.46. The van der Waals surface area contributed by atoms with E-state index in [-0.39, 0.29) is 0 Å². The van der Waals surface area contributed by atoms with Gasteiger partial charge >= 0.3 is 0 Å². The highest BCUT2D eigenvalue weighted by atomic mass is 16.5. The molecule has 2 aliphatic rings. The quantitative estimate of drug-likeness (QED) is 0.533. The molecule has 2 heteroatoms. The molecule has 1 saturated carbocycles. The zero-order chi connectivity index (χ0) is 7.14. The van der Waals surface area contributed by atoms with Crippen molar-refractivity contribution in [1.82, 2.24) is 4.90 Å². The maximum Gasteiger partial charge on any atom is 0.0729 e. The zero-order valence-electron chi connectivity index (χ0n) is 6.71. The first-order valence-electron chi connectivity index (χ1n) is 4.04. The minimum absolute atomic E-state index is 0.531. The topological polar surface area (TPSA) is 12.5 Å². The van der Waals surface area contributed by atoms with Crippen molar-refractivity contribution < 1.29 is 4.74 Å². The average Bonchev–Trinajstić information content (AvgIpc) is 2.44. The molecular formula is C8H15NO. The molecule has 0 spiro atoms. The predicted molar refractivity (Wildman–Crippen MR) is 39.9 cm³/mol. The van der Waals surface area contributed by atoms with Gasteiger partial charge in [-0.05, 0) is 25.8 Å². The van der Waals surface area contributed by atoms with E-state index in [0.717, 1.165) is 12.0 Å². The van der Waals surface area contributed by atoms with Crippen LogP contribution in [-0.2, 0) is 4.74 Å². The Labute approximate surface area is 62.2 Å². The number of methoxy groups -OCH3 is 1. The molecule has 1 heterocycles. The third-order valence-electron chi connectivity index (χ3n) is 2.98. The highest BCUT2D eigenvalue weighted by Gasteiger charge is 2.43. The van der Waals surface area contributed by atoms with Gasteiger partial charge in [0.25, 0.3) is 0 Å².